The highest BCUT2D eigenvalue weighted by atomic mass is 79.9. The lowest BCUT2D eigenvalue weighted by Crippen LogP contribution is -2.08. The number of hydrogen-bond donors (Lipinski definition) is 0. The molecule has 0 aliphatic carbocycles. The van der Waals surface area contributed by atoms with E-state index in [1.165, 1.54) is 18.2 Å². The van der Waals surface area contributed by atoms with Gasteiger partial charge in [-0.25, -0.2) is 13.5 Å². The average molecular weight is 338 g/mol. The highest BCUT2D eigenvalue weighted by molar-refractivity contribution is 9.10. The summed E-state index contributed by atoms with van der Waals surface area (Å²) in [5.74, 6) is -0.686. The van der Waals surface area contributed by atoms with E-state index >= 15 is 0 Å². The Morgan fingerprint density at radius 3 is 2.75 bits per heavy atom. The molecule has 0 bridgehead atoms. The summed E-state index contributed by atoms with van der Waals surface area (Å²) in [4.78, 5) is 0. The van der Waals surface area contributed by atoms with Crippen LogP contribution >= 0.6 is 15.9 Å². The molecule has 3 rings (SSSR count). The topological polar surface area (TPSA) is 30.7 Å². The number of fused-ring (bicyclic) bond motifs is 1. The number of rotatable bonds is 2. The maximum absolute atomic E-state index is 13.5. The first-order valence-corrected chi connectivity index (χ1v) is 6.81. The van der Waals surface area contributed by atoms with Gasteiger partial charge in [0.1, 0.15) is 17.2 Å². The van der Waals surface area contributed by atoms with Crippen LogP contribution in [0.15, 0.2) is 40.9 Å². The van der Waals surface area contributed by atoms with Crippen LogP contribution in [0.5, 0.6) is 0 Å². The van der Waals surface area contributed by atoms with E-state index in [0.29, 0.717) is 15.5 Å². The Morgan fingerprint density at radius 2 is 2.00 bits per heavy atom. The SMILES string of the molecule is CC(c1cccc(F)c1)n1nnc2cc(F)c(Br)cc21. The molecule has 20 heavy (non-hydrogen) atoms. The van der Waals surface area contributed by atoms with E-state index in [-0.39, 0.29) is 17.7 Å². The molecule has 0 aliphatic rings. The molecule has 0 N–H and O–H groups in total. The molecular formula is C14H10BrF2N3. The fourth-order valence-electron chi connectivity index (χ4n) is 2.13. The lowest BCUT2D eigenvalue weighted by atomic mass is 10.1. The van der Waals surface area contributed by atoms with Crippen molar-refractivity contribution in [3.8, 4) is 0 Å². The van der Waals surface area contributed by atoms with Crippen molar-refractivity contribution in [3.05, 3.63) is 58.1 Å². The van der Waals surface area contributed by atoms with E-state index in [4.69, 9.17) is 0 Å². The van der Waals surface area contributed by atoms with E-state index in [9.17, 15) is 8.78 Å². The van der Waals surface area contributed by atoms with E-state index < -0.39 is 0 Å². The van der Waals surface area contributed by atoms with Gasteiger partial charge in [0.15, 0.2) is 0 Å². The van der Waals surface area contributed by atoms with Gasteiger partial charge < -0.3 is 0 Å². The monoisotopic (exact) mass is 337 g/mol. The molecule has 3 nitrogen and oxygen atoms in total. The predicted octanol–water partition coefficient (Wildman–Crippen LogP) is 4.08. The van der Waals surface area contributed by atoms with Crippen molar-refractivity contribution in [2.24, 2.45) is 0 Å². The highest BCUT2D eigenvalue weighted by Gasteiger charge is 2.15. The van der Waals surface area contributed by atoms with Crippen LogP contribution in [0.25, 0.3) is 11.0 Å². The van der Waals surface area contributed by atoms with Gasteiger partial charge in [-0.05, 0) is 46.6 Å². The number of aromatic nitrogens is 3. The third kappa shape index (κ3) is 2.20. The zero-order valence-corrected chi connectivity index (χ0v) is 12.1. The first-order valence-electron chi connectivity index (χ1n) is 6.01. The molecule has 102 valence electrons. The average Bonchev–Trinajstić information content (AvgIpc) is 2.81. The van der Waals surface area contributed by atoms with Crippen molar-refractivity contribution < 1.29 is 8.78 Å². The van der Waals surface area contributed by atoms with Crippen molar-refractivity contribution in [1.29, 1.82) is 0 Å². The van der Waals surface area contributed by atoms with E-state index in [1.54, 1.807) is 16.8 Å². The fraction of sp³-hybridized carbons (Fsp3) is 0.143. The lowest BCUT2D eigenvalue weighted by molar-refractivity contribution is 0.552. The van der Waals surface area contributed by atoms with Crippen molar-refractivity contribution >= 4 is 27.0 Å². The van der Waals surface area contributed by atoms with E-state index in [1.807, 2.05) is 13.0 Å². The third-order valence-corrected chi connectivity index (χ3v) is 3.82. The van der Waals surface area contributed by atoms with Crippen LogP contribution in [0.1, 0.15) is 18.5 Å². The van der Waals surface area contributed by atoms with Crippen molar-refractivity contribution in [2.75, 3.05) is 0 Å². The fourth-order valence-corrected chi connectivity index (χ4v) is 2.46. The summed E-state index contributed by atoms with van der Waals surface area (Å²) in [6.45, 7) is 1.89. The Balaban J connectivity index is 2.12. The predicted molar refractivity (Wildman–Crippen MR) is 75.4 cm³/mol. The zero-order valence-electron chi connectivity index (χ0n) is 10.5. The normalized spacial score (nSPS) is 12.8. The van der Waals surface area contributed by atoms with Crippen molar-refractivity contribution in [2.45, 2.75) is 13.0 Å². The first kappa shape index (κ1) is 13.2. The molecule has 0 radical (unpaired) electrons. The maximum Gasteiger partial charge on any atom is 0.139 e. The van der Waals surface area contributed by atoms with Crippen LogP contribution in [0.2, 0.25) is 0 Å². The summed E-state index contributed by atoms with van der Waals surface area (Å²) in [6.07, 6.45) is 0. The number of benzene rings is 2. The van der Waals surface area contributed by atoms with Crippen LogP contribution in [-0.2, 0) is 0 Å². The molecular weight excluding hydrogens is 328 g/mol. The molecule has 0 spiro atoms. The number of nitrogens with zero attached hydrogens (tertiary/aromatic N) is 3. The van der Waals surface area contributed by atoms with E-state index in [2.05, 4.69) is 26.2 Å². The Morgan fingerprint density at radius 1 is 1.20 bits per heavy atom. The second kappa shape index (κ2) is 4.94. The van der Waals surface area contributed by atoms with Gasteiger partial charge in [0.05, 0.1) is 16.0 Å². The highest BCUT2D eigenvalue weighted by Crippen LogP contribution is 2.26. The minimum absolute atomic E-state index is 0.201. The molecule has 0 saturated carbocycles. The minimum Gasteiger partial charge on any atom is -0.237 e. The van der Waals surface area contributed by atoms with Crippen LogP contribution in [0.4, 0.5) is 8.78 Å². The second-order valence-electron chi connectivity index (χ2n) is 4.52. The molecule has 6 heteroatoms. The molecule has 0 amide bonds. The zero-order chi connectivity index (χ0) is 14.3. The molecule has 0 fully saturated rings. The molecule has 1 atom stereocenters. The Kier molecular flexibility index (Phi) is 3.25. The van der Waals surface area contributed by atoms with E-state index in [0.717, 1.165) is 5.56 Å². The molecule has 1 aromatic heterocycles. The van der Waals surface area contributed by atoms with Gasteiger partial charge in [0.25, 0.3) is 0 Å². The largest absolute Gasteiger partial charge is 0.237 e. The number of hydrogen-bond acceptors (Lipinski definition) is 2. The van der Waals surface area contributed by atoms with Gasteiger partial charge in [-0.2, -0.15) is 0 Å². The Labute approximate surface area is 122 Å². The summed E-state index contributed by atoms with van der Waals surface area (Å²) >= 11 is 3.15. The van der Waals surface area contributed by atoms with Gasteiger partial charge in [-0.3, -0.25) is 0 Å². The van der Waals surface area contributed by atoms with Crippen molar-refractivity contribution in [3.63, 3.8) is 0 Å². The van der Waals surface area contributed by atoms with Gasteiger partial charge in [0, 0.05) is 6.07 Å². The minimum atomic E-state index is -0.386. The van der Waals surface area contributed by atoms with Gasteiger partial charge in [-0.15, -0.1) is 5.10 Å². The molecule has 0 aliphatic heterocycles. The van der Waals surface area contributed by atoms with Gasteiger partial charge in [0.2, 0.25) is 0 Å². The Hall–Kier alpha value is -1.82. The molecule has 0 saturated heterocycles. The standard InChI is InChI=1S/C14H10BrF2N3/c1-8(9-3-2-4-10(16)5-9)20-14-6-11(15)12(17)7-13(14)18-19-20/h2-8H,1H3. The smallest absolute Gasteiger partial charge is 0.139 e. The second-order valence-corrected chi connectivity index (χ2v) is 5.37. The maximum atomic E-state index is 13.5. The molecule has 3 aromatic rings. The van der Waals surface area contributed by atoms with Crippen LogP contribution in [0, 0.1) is 11.6 Å². The molecule has 1 heterocycles. The molecule has 2 aromatic carbocycles. The number of halogens is 3. The first-order chi connectivity index (χ1) is 9.56. The summed E-state index contributed by atoms with van der Waals surface area (Å²) in [5, 5.41) is 7.99. The van der Waals surface area contributed by atoms with Crippen LogP contribution in [0.3, 0.4) is 0 Å². The van der Waals surface area contributed by atoms with Crippen LogP contribution < -0.4 is 0 Å². The summed E-state index contributed by atoms with van der Waals surface area (Å²) < 4.78 is 28.8. The summed E-state index contributed by atoms with van der Waals surface area (Å²) in [7, 11) is 0. The van der Waals surface area contributed by atoms with Crippen molar-refractivity contribution in [1.82, 2.24) is 15.0 Å². The molecule has 1 unspecified atom stereocenters. The Bertz CT molecular complexity index is 785. The van der Waals surface area contributed by atoms with Gasteiger partial charge >= 0.3 is 0 Å². The summed E-state index contributed by atoms with van der Waals surface area (Å²) in [5.41, 5.74) is 1.93. The van der Waals surface area contributed by atoms with Gasteiger partial charge in [-0.1, -0.05) is 17.3 Å². The van der Waals surface area contributed by atoms with Crippen LogP contribution in [-0.4, -0.2) is 15.0 Å². The quantitative estimate of drug-likeness (QED) is 0.705. The third-order valence-electron chi connectivity index (χ3n) is 3.21. The summed E-state index contributed by atoms with van der Waals surface area (Å²) in [6, 6.07) is 9.06. The lowest BCUT2D eigenvalue weighted by Gasteiger charge is -2.13.